The number of hydrogen-bond acceptors (Lipinski definition) is 3. The summed E-state index contributed by atoms with van der Waals surface area (Å²) >= 11 is 6.17. The number of nitrogens with one attached hydrogen (secondary N) is 1. The number of benzene rings is 2. The van der Waals surface area contributed by atoms with E-state index in [-0.39, 0.29) is 11.7 Å². The highest BCUT2D eigenvalue weighted by atomic mass is 35.5. The molecular formula is C24H20ClNO2. The fraction of sp³-hybridized carbons (Fsp3) is 0.292. The summed E-state index contributed by atoms with van der Waals surface area (Å²) in [4.78, 5) is 13.1. The monoisotopic (exact) mass is 389 g/mol. The van der Waals surface area contributed by atoms with Crippen LogP contribution in [0.2, 0.25) is 5.02 Å². The molecule has 2 unspecified atom stereocenters. The van der Waals surface area contributed by atoms with E-state index >= 15 is 0 Å². The summed E-state index contributed by atoms with van der Waals surface area (Å²) in [7, 11) is 0. The molecule has 1 spiro atoms. The van der Waals surface area contributed by atoms with Crippen LogP contribution in [0.25, 0.3) is 5.70 Å². The molecule has 1 saturated heterocycles. The van der Waals surface area contributed by atoms with Crippen molar-refractivity contribution in [3.05, 3.63) is 87.1 Å². The Kier molecular flexibility index (Phi) is 3.45. The number of hydrogen-bond donors (Lipinski definition) is 1. The largest absolute Gasteiger partial charge is 0.366 e. The molecule has 2 aliphatic carbocycles. The normalized spacial score (nSPS) is 27.9. The topological polar surface area (TPSA) is 38.3 Å². The van der Waals surface area contributed by atoms with Crippen LogP contribution in [0.4, 0.5) is 0 Å². The van der Waals surface area contributed by atoms with E-state index in [1.807, 2.05) is 12.1 Å². The number of Topliss-reactive ketones (excluding diaryl/α,β-unsaturated/α-hetero) is 1. The molecule has 2 heterocycles. The van der Waals surface area contributed by atoms with Gasteiger partial charge >= 0.3 is 0 Å². The molecule has 4 heteroatoms. The minimum absolute atomic E-state index is 0.0796. The van der Waals surface area contributed by atoms with Gasteiger partial charge in [-0.25, -0.2) is 0 Å². The Morgan fingerprint density at radius 3 is 2.61 bits per heavy atom. The maximum absolute atomic E-state index is 13.1. The minimum Gasteiger partial charge on any atom is -0.366 e. The second kappa shape index (κ2) is 5.82. The van der Waals surface area contributed by atoms with E-state index in [0.717, 1.165) is 48.4 Å². The summed E-state index contributed by atoms with van der Waals surface area (Å²) in [6.45, 7) is 0.748. The first-order valence-electron chi connectivity index (χ1n) is 9.96. The highest BCUT2D eigenvalue weighted by Crippen LogP contribution is 2.60. The molecular weight excluding hydrogens is 370 g/mol. The summed E-state index contributed by atoms with van der Waals surface area (Å²) in [6.07, 6.45) is 3.39. The minimum atomic E-state index is -0.417. The maximum Gasteiger partial charge on any atom is 0.161 e. The quantitative estimate of drug-likeness (QED) is 0.739. The molecule has 2 atom stereocenters. The number of carbonyl (C=O) groups is 1. The molecule has 2 aromatic rings. The van der Waals surface area contributed by atoms with E-state index < -0.39 is 5.60 Å². The molecule has 0 saturated carbocycles. The first-order valence-corrected chi connectivity index (χ1v) is 10.3. The second-order valence-corrected chi connectivity index (χ2v) is 8.47. The van der Waals surface area contributed by atoms with E-state index in [0.29, 0.717) is 11.4 Å². The molecule has 1 fully saturated rings. The zero-order valence-corrected chi connectivity index (χ0v) is 16.2. The second-order valence-electron chi connectivity index (χ2n) is 8.04. The van der Waals surface area contributed by atoms with Gasteiger partial charge < -0.3 is 10.1 Å². The lowest BCUT2D eigenvalue weighted by Crippen LogP contribution is -2.45. The molecule has 2 aromatic carbocycles. The first kappa shape index (κ1) is 16.6. The Labute approximate surface area is 169 Å². The van der Waals surface area contributed by atoms with E-state index in [4.69, 9.17) is 16.3 Å². The summed E-state index contributed by atoms with van der Waals surface area (Å²) in [5, 5.41) is 4.38. The molecule has 140 valence electrons. The van der Waals surface area contributed by atoms with Crippen LogP contribution in [0.3, 0.4) is 0 Å². The van der Waals surface area contributed by atoms with Crippen molar-refractivity contribution >= 4 is 23.1 Å². The van der Waals surface area contributed by atoms with Crippen LogP contribution in [0.15, 0.2) is 65.4 Å². The number of carbonyl (C=O) groups excluding carboxylic acids is 1. The van der Waals surface area contributed by atoms with Crippen molar-refractivity contribution in [2.45, 2.75) is 37.2 Å². The third-order valence-corrected chi connectivity index (χ3v) is 6.90. The van der Waals surface area contributed by atoms with Gasteiger partial charge in [-0.1, -0.05) is 48.0 Å². The van der Waals surface area contributed by atoms with Crippen molar-refractivity contribution in [1.29, 1.82) is 0 Å². The molecule has 6 rings (SSSR count). The van der Waals surface area contributed by atoms with E-state index in [2.05, 4.69) is 41.7 Å². The zero-order valence-electron chi connectivity index (χ0n) is 15.4. The van der Waals surface area contributed by atoms with E-state index in [9.17, 15) is 4.79 Å². The maximum atomic E-state index is 13.1. The Morgan fingerprint density at radius 2 is 1.86 bits per heavy atom. The Hall–Kier alpha value is -2.36. The van der Waals surface area contributed by atoms with E-state index in [1.54, 1.807) is 0 Å². The third kappa shape index (κ3) is 2.06. The van der Waals surface area contributed by atoms with Crippen LogP contribution in [0.5, 0.6) is 0 Å². The SMILES string of the molecule is O=C1CCCC2=C1C(c1ccc(Cl)cc1)C1=C(N2)c2ccccc2C12CCO2. The summed E-state index contributed by atoms with van der Waals surface area (Å²) in [6, 6.07) is 16.5. The average molecular weight is 390 g/mol. The lowest BCUT2D eigenvalue weighted by atomic mass is 9.69. The van der Waals surface area contributed by atoms with Gasteiger partial charge in [0.1, 0.15) is 5.60 Å². The highest BCUT2D eigenvalue weighted by Gasteiger charge is 2.56. The van der Waals surface area contributed by atoms with Crippen LogP contribution < -0.4 is 5.32 Å². The molecule has 2 aliphatic heterocycles. The number of ether oxygens (including phenoxy) is 1. The zero-order chi connectivity index (χ0) is 18.9. The molecule has 0 bridgehead atoms. The Bertz CT molecular complexity index is 1080. The number of fused-ring (bicyclic) bond motifs is 4. The number of allylic oxidation sites excluding steroid dienone is 2. The van der Waals surface area contributed by atoms with Crippen LogP contribution in [0, 0.1) is 0 Å². The van der Waals surface area contributed by atoms with E-state index in [1.165, 1.54) is 16.7 Å². The number of rotatable bonds is 1. The van der Waals surface area contributed by atoms with Gasteiger partial charge in [-0.2, -0.15) is 0 Å². The third-order valence-electron chi connectivity index (χ3n) is 6.65. The molecule has 3 nitrogen and oxygen atoms in total. The van der Waals surface area contributed by atoms with Crippen molar-refractivity contribution in [2.24, 2.45) is 0 Å². The van der Waals surface area contributed by atoms with Crippen molar-refractivity contribution in [3.63, 3.8) is 0 Å². The fourth-order valence-electron chi connectivity index (χ4n) is 5.40. The molecule has 28 heavy (non-hydrogen) atoms. The Morgan fingerprint density at radius 1 is 1.07 bits per heavy atom. The first-order chi connectivity index (χ1) is 13.7. The van der Waals surface area contributed by atoms with Crippen LogP contribution >= 0.6 is 11.6 Å². The van der Waals surface area contributed by atoms with Crippen molar-refractivity contribution < 1.29 is 9.53 Å². The van der Waals surface area contributed by atoms with Crippen LogP contribution in [-0.4, -0.2) is 12.4 Å². The molecule has 1 N–H and O–H groups in total. The van der Waals surface area contributed by atoms with Gasteiger partial charge in [-0.15, -0.1) is 0 Å². The number of ketones is 1. The standard InChI is InChI=1S/C24H20ClNO2/c25-15-10-8-14(9-11-15)20-21-18(6-3-7-19(21)27)26-23-16-4-1-2-5-17(16)24(22(20)23)12-13-28-24/h1-2,4-5,8-11,20,26H,3,6-7,12-13H2. The summed E-state index contributed by atoms with van der Waals surface area (Å²) in [5.74, 6) is 0.176. The smallest absolute Gasteiger partial charge is 0.161 e. The van der Waals surface area contributed by atoms with Gasteiger partial charge in [0, 0.05) is 51.9 Å². The van der Waals surface area contributed by atoms with Gasteiger partial charge in [0.15, 0.2) is 5.78 Å². The molecule has 4 aliphatic rings. The van der Waals surface area contributed by atoms with Crippen LogP contribution in [0.1, 0.15) is 48.3 Å². The van der Waals surface area contributed by atoms with Crippen molar-refractivity contribution in [3.8, 4) is 0 Å². The van der Waals surface area contributed by atoms with Gasteiger partial charge in [-0.3, -0.25) is 4.79 Å². The molecule has 0 radical (unpaired) electrons. The lowest BCUT2D eigenvalue weighted by molar-refractivity contribution is -0.127. The highest BCUT2D eigenvalue weighted by molar-refractivity contribution is 6.30. The summed E-state index contributed by atoms with van der Waals surface area (Å²) in [5.41, 5.74) is 7.49. The predicted molar refractivity (Wildman–Crippen MR) is 109 cm³/mol. The van der Waals surface area contributed by atoms with Gasteiger partial charge in [0.05, 0.1) is 6.61 Å². The van der Waals surface area contributed by atoms with Crippen molar-refractivity contribution in [2.75, 3.05) is 6.61 Å². The summed E-state index contributed by atoms with van der Waals surface area (Å²) < 4.78 is 6.31. The molecule has 0 aromatic heterocycles. The van der Waals surface area contributed by atoms with Gasteiger partial charge in [0.2, 0.25) is 0 Å². The Balaban J connectivity index is 1.62. The fourth-order valence-corrected chi connectivity index (χ4v) is 5.53. The molecule has 0 amide bonds. The number of halogens is 1. The lowest BCUT2D eigenvalue weighted by Gasteiger charge is -2.46. The predicted octanol–water partition coefficient (Wildman–Crippen LogP) is 5.07. The van der Waals surface area contributed by atoms with Crippen LogP contribution in [-0.2, 0) is 15.1 Å². The number of dihydropyridines is 1. The van der Waals surface area contributed by atoms with Gasteiger partial charge in [-0.05, 0) is 36.1 Å². The van der Waals surface area contributed by atoms with Gasteiger partial charge in [0.25, 0.3) is 0 Å². The average Bonchev–Trinajstić information content (AvgIpc) is 2.98. The van der Waals surface area contributed by atoms with Crippen molar-refractivity contribution in [1.82, 2.24) is 5.32 Å².